The van der Waals surface area contributed by atoms with Crippen molar-refractivity contribution < 1.29 is 4.42 Å². The smallest absolute Gasteiger partial charge is 0.143 e. The molecule has 12 aromatic rings. The maximum Gasteiger partial charge on any atom is 0.143 e. The van der Waals surface area contributed by atoms with Crippen molar-refractivity contribution in [3.63, 3.8) is 0 Å². The summed E-state index contributed by atoms with van der Waals surface area (Å²) in [4.78, 5) is 2.39. The lowest BCUT2D eigenvalue weighted by atomic mass is 9.96. The topological polar surface area (TPSA) is 21.3 Å². The monoisotopic (exact) mass is 804 g/mol. The highest BCUT2D eigenvalue weighted by Gasteiger charge is 2.21. The molecule has 12 rings (SSSR count). The van der Waals surface area contributed by atoms with Gasteiger partial charge >= 0.3 is 0 Å². The Hall–Kier alpha value is -8.40. The summed E-state index contributed by atoms with van der Waals surface area (Å²) in [7, 11) is 0. The van der Waals surface area contributed by atoms with E-state index in [9.17, 15) is 0 Å². The highest BCUT2D eigenvalue weighted by atomic mass is 16.3. The van der Waals surface area contributed by atoms with Crippen molar-refractivity contribution in [2.45, 2.75) is 0 Å². The molecule has 0 atom stereocenters. The van der Waals surface area contributed by atoms with Crippen molar-refractivity contribution in [1.82, 2.24) is 4.57 Å². The third-order valence-electron chi connectivity index (χ3n) is 12.4. The van der Waals surface area contributed by atoms with Crippen molar-refractivity contribution in [3.8, 4) is 50.2 Å². The molecule has 2 aromatic heterocycles. The van der Waals surface area contributed by atoms with Gasteiger partial charge in [-0.15, -0.1) is 0 Å². The summed E-state index contributed by atoms with van der Waals surface area (Å²) < 4.78 is 9.06. The molecular weight excluding hydrogens is 765 g/mol. The first-order valence-corrected chi connectivity index (χ1v) is 21.5. The molecule has 3 nitrogen and oxygen atoms in total. The van der Waals surface area contributed by atoms with Crippen LogP contribution in [0.5, 0.6) is 0 Å². The van der Waals surface area contributed by atoms with Crippen LogP contribution in [0.2, 0.25) is 0 Å². The van der Waals surface area contributed by atoms with Crippen LogP contribution in [0.3, 0.4) is 0 Å². The van der Waals surface area contributed by atoms with E-state index in [0.717, 1.165) is 89.2 Å². The predicted octanol–water partition coefficient (Wildman–Crippen LogP) is 16.8. The fraction of sp³-hybridized carbons (Fsp3) is 0. The molecule has 0 fully saturated rings. The number of nitrogens with zero attached hydrogens (tertiary/aromatic N) is 2. The minimum atomic E-state index is 0.875. The Morgan fingerprint density at radius 1 is 0.333 bits per heavy atom. The van der Waals surface area contributed by atoms with Gasteiger partial charge in [0, 0.05) is 49.7 Å². The van der Waals surface area contributed by atoms with Crippen molar-refractivity contribution in [1.29, 1.82) is 0 Å². The van der Waals surface area contributed by atoms with Gasteiger partial charge in [0.05, 0.1) is 16.7 Å². The molecule has 0 radical (unpaired) electrons. The fourth-order valence-electron chi connectivity index (χ4n) is 9.53. The van der Waals surface area contributed by atoms with Crippen LogP contribution >= 0.6 is 0 Å². The molecule has 0 aliphatic heterocycles. The van der Waals surface area contributed by atoms with E-state index in [2.05, 4.69) is 252 Å². The van der Waals surface area contributed by atoms with Gasteiger partial charge in [-0.05, 0) is 94.0 Å². The summed E-state index contributed by atoms with van der Waals surface area (Å²) in [6.45, 7) is 0. The first-order chi connectivity index (χ1) is 31.3. The number of hydrogen-bond donors (Lipinski definition) is 0. The quantitative estimate of drug-likeness (QED) is 0.153. The Morgan fingerprint density at radius 3 is 1.65 bits per heavy atom. The van der Waals surface area contributed by atoms with Crippen LogP contribution in [0.15, 0.2) is 247 Å². The fourth-order valence-corrected chi connectivity index (χ4v) is 9.53. The van der Waals surface area contributed by atoms with Gasteiger partial charge in [0.2, 0.25) is 0 Å². The molecule has 10 aromatic carbocycles. The Balaban J connectivity index is 0.983. The van der Waals surface area contributed by atoms with E-state index in [-0.39, 0.29) is 0 Å². The highest BCUT2D eigenvalue weighted by molar-refractivity contribution is 6.15. The van der Waals surface area contributed by atoms with E-state index in [1.807, 2.05) is 0 Å². The Labute approximate surface area is 366 Å². The van der Waals surface area contributed by atoms with Crippen molar-refractivity contribution in [3.05, 3.63) is 243 Å². The van der Waals surface area contributed by atoms with Gasteiger partial charge in [0.25, 0.3) is 0 Å². The van der Waals surface area contributed by atoms with Crippen molar-refractivity contribution >= 4 is 60.8 Å². The molecule has 0 saturated carbocycles. The molecule has 2 heterocycles. The zero-order valence-corrected chi connectivity index (χ0v) is 34.4. The second kappa shape index (κ2) is 15.3. The first kappa shape index (κ1) is 36.5. The SMILES string of the molecule is c1ccc(-c2ccccc2N(c2ccc(-c3cccc(-n4c5ccccc5c5ccccc54)c3)cc2)c2cccc(-c3cccc4oc5c(-c6ccccc6)cccc5c34)c2)cc1. The second-order valence-electron chi connectivity index (χ2n) is 16.1. The molecule has 63 heavy (non-hydrogen) atoms. The standard InChI is InChI=1S/C60H40N2O/c1-3-17-42(18-4-1)49-25-7-10-31-55(49)61(46-37-35-41(36-38-46)44-21-13-24-48(39-44)62-56-32-11-8-26-52(56)53-27-9-12-33-57(53)62)47-23-14-22-45(40-47)50-28-16-34-58-59(50)54-30-15-29-51(60(54)63-58)43-19-5-2-6-20-43/h1-40H. The number of fused-ring (bicyclic) bond motifs is 6. The molecule has 0 spiro atoms. The third kappa shape index (κ3) is 6.29. The molecule has 0 unspecified atom stereocenters. The van der Waals surface area contributed by atoms with E-state index < -0.39 is 0 Å². The number of anilines is 3. The number of benzene rings is 10. The number of hydrogen-bond acceptors (Lipinski definition) is 2. The Kier molecular flexibility index (Phi) is 8.83. The van der Waals surface area contributed by atoms with Gasteiger partial charge in [-0.25, -0.2) is 0 Å². The van der Waals surface area contributed by atoms with Gasteiger partial charge in [-0.2, -0.15) is 0 Å². The van der Waals surface area contributed by atoms with E-state index in [1.165, 1.54) is 21.8 Å². The maximum absolute atomic E-state index is 6.68. The predicted molar refractivity (Wildman–Crippen MR) is 264 cm³/mol. The van der Waals surface area contributed by atoms with Crippen molar-refractivity contribution in [2.24, 2.45) is 0 Å². The third-order valence-corrected chi connectivity index (χ3v) is 12.4. The molecule has 0 aliphatic carbocycles. The van der Waals surface area contributed by atoms with E-state index in [0.29, 0.717) is 0 Å². The van der Waals surface area contributed by atoms with Crippen LogP contribution in [0.25, 0.3) is 93.9 Å². The number of aromatic nitrogens is 1. The minimum absolute atomic E-state index is 0.875. The first-order valence-electron chi connectivity index (χ1n) is 21.5. The summed E-state index contributed by atoms with van der Waals surface area (Å²) in [5, 5.41) is 4.74. The Bertz CT molecular complexity index is 3570. The average molecular weight is 805 g/mol. The maximum atomic E-state index is 6.68. The molecule has 3 heteroatoms. The summed E-state index contributed by atoms with van der Waals surface area (Å²) in [6.07, 6.45) is 0. The largest absolute Gasteiger partial charge is 0.455 e. The summed E-state index contributed by atoms with van der Waals surface area (Å²) in [5.41, 5.74) is 17.7. The molecular formula is C60H40N2O. The van der Waals surface area contributed by atoms with Crippen LogP contribution in [-0.2, 0) is 0 Å². The normalized spacial score (nSPS) is 11.5. The Morgan fingerprint density at radius 2 is 0.889 bits per heavy atom. The molecule has 296 valence electrons. The van der Waals surface area contributed by atoms with Crippen LogP contribution in [0.1, 0.15) is 0 Å². The summed E-state index contributed by atoms with van der Waals surface area (Å²) in [6, 6.07) is 87.0. The molecule has 0 amide bonds. The van der Waals surface area contributed by atoms with Crippen LogP contribution in [0, 0.1) is 0 Å². The minimum Gasteiger partial charge on any atom is -0.455 e. The zero-order chi connectivity index (χ0) is 41.7. The number of rotatable bonds is 8. The molecule has 0 aliphatic rings. The zero-order valence-electron chi connectivity index (χ0n) is 34.4. The van der Waals surface area contributed by atoms with Crippen molar-refractivity contribution in [2.75, 3.05) is 4.90 Å². The molecule has 0 bridgehead atoms. The summed E-state index contributed by atoms with van der Waals surface area (Å²) >= 11 is 0. The van der Waals surface area contributed by atoms with E-state index in [4.69, 9.17) is 4.42 Å². The summed E-state index contributed by atoms with van der Waals surface area (Å²) in [5.74, 6) is 0. The highest BCUT2D eigenvalue weighted by Crippen LogP contribution is 2.45. The van der Waals surface area contributed by atoms with Crippen LogP contribution in [0.4, 0.5) is 17.1 Å². The molecule has 0 N–H and O–H groups in total. The second-order valence-corrected chi connectivity index (χ2v) is 16.1. The lowest BCUT2D eigenvalue weighted by molar-refractivity contribution is 0.670. The van der Waals surface area contributed by atoms with Gasteiger partial charge in [0.15, 0.2) is 0 Å². The number of para-hydroxylation sites is 4. The van der Waals surface area contributed by atoms with Gasteiger partial charge in [-0.1, -0.05) is 182 Å². The lowest BCUT2D eigenvalue weighted by Gasteiger charge is -2.28. The lowest BCUT2D eigenvalue weighted by Crippen LogP contribution is -2.11. The number of furan rings is 1. The van der Waals surface area contributed by atoms with Gasteiger partial charge in [0.1, 0.15) is 11.2 Å². The van der Waals surface area contributed by atoms with Crippen LogP contribution < -0.4 is 4.90 Å². The van der Waals surface area contributed by atoms with E-state index in [1.54, 1.807) is 0 Å². The molecule has 0 saturated heterocycles. The van der Waals surface area contributed by atoms with Gasteiger partial charge < -0.3 is 13.9 Å². The average Bonchev–Trinajstić information content (AvgIpc) is 3.92. The van der Waals surface area contributed by atoms with E-state index >= 15 is 0 Å². The van der Waals surface area contributed by atoms with Crippen LogP contribution in [-0.4, -0.2) is 4.57 Å². The van der Waals surface area contributed by atoms with Gasteiger partial charge in [-0.3, -0.25) is 0 Å².